The molecule has 4 rings (SSSR count). The van der Waals surface area contributed by atoms with Crippen LogP contribution in [0, 0.1) is 5.82 Å². The maximum atomic E-state index is 13.4. The normalized spacial score (nSPS) is 14.4. The molecule has 0 atom stereocenters. The van der Waals surface area contributed by atoms with Gasteiger partial charge in [-0.1, -0.05) is 11.6 Å². The standard InChI is InChI=1S/C18H14ClFN2O3S/c19-13-7-14(20)9-15(8-13)22-26(23,24)16-5-3-11(4-6-16)17-10-21-18(25-17)12-1-2-12/h3-10,12,22H,1-2H2. The van der Waals surface area contributed by atoms with Gasteiger partial charge in [-0.05, 0) is 55.3 Å². The van der Waals surface area contributed by atoms with Crippen LogP contribution in [0.1, 0.15) is 24.7 Å². The number of anilines is 1. The molecule has 26 heavy (non-hydrogen) atoms. The van der Waals surface area contributed by atoms with Crippen LogP contribution in [0.5, 0.6) is 0 Å². The van der Waals surface area contributed by atoms with E-state index in [0.29, 0.717) is 11.7 Å². The van der Waals surface area contributed by atoms with E-state index in [9.17, 15) is 12.8 Å². The Balaban J connectivity index is 1.56. The molecule has 0 amide bonds. The van der Waals surface area contributed by atoms with E-state index in [4.69, 9.17) is 16.0 Å². The fourth-order valence-electron chi connectivity index (χ4n) is 2.57. The van der Waals surface area contributed by atoms with Gasteiger partial charge >= 0.3 is 0 Å². The highest BCUT2D eigenvalue weighted by atomic mass is 35.5. The van der Waals surface area contributed by atoms with Crippen molar-refractivity contribution in [3.05, 3.63) is 65.4 Å². The van der Waals surface area contributed by atoms with Gasteiger partial charge in [-0.3, -0.25) is 4.72 Å². The summed E-state index contributed by atoms with van der Waals surface area (Å²) in [6.07, 6.45) is 3.82. The number of sulfonamides is 1. The van der Waals surface area contributed by atoms with Crippen molar-refractivity contribution in [2.75, 3.05) is 4.72 Å². The molecule has 0 saturated heterocycles. The molecule has 1 fully saturated rings. The predicted octanol–water partition coefficient (Wildman–Crippen LogP) is 4.81. The third kappa shape index (κ3) is 3.59. The molecule has 1 saturated carbocycles. The van der Waals surface area contributed by atoms with Gasteiger partial charge in [-0.15, -0.1) is 0 Å². The molecule has 1 aromatic heterocycles. The zero-order chi connectivity index (χ0) is 18.3. The summed E-state index contributed by atoms with van der Waals surface area (Å²) in [5, 5.41) is 0.106. The van der Waals surface area contributed by atoms with Crippen LogP contribution >= 0.6 is 11.6 Å². The fourth-order valence-corrected chi connectivity index (χ4v) is 3.83. The lowest BCUT2D eigenvalue weighted by Gasteiger charge is -2.09. The molecule has 0 bridgehead atoms. The molecule has 3 aromatic rings. The molecule has 1 heterocycles. The third-order valence-corrected chi connectivity index (χ3v) is 5.63. The summed E-state index contributed by atoms with van der Waals surface area (Å²) in [4.78, 5) is 4.30. The second-order valence-corrected chi connectivity index (χ2v) is 8.24. The highest BCUT2D eigenvalue weighted by molar-refractivity contribution is 7.92. The smallest absolute Gasteiger partial charge is 0.261 e. The van der Waals surface area contributed by atoms with Crippen molar-refractivity contribution >= 4 is 27.3 Å². The Morgan fingerprint density at radius 2 is 1.88 bits per heavy atom. The first-order valence-electron chi connectivity index (χ1n) is 7.96. The van der Waals surface area contributed by atoms with E-state index in [1.54, 1.807) is 18.3 Å². The second-order valence-electron chi connectivity index (χ2n) is 6.13. The molecule has 0 unspecified atom stereocenters. The molecule has 2 aromatic carbocycles. The Morgan fingerprint density at radius 1 is 1.15 bits per heavy atom. The molecule has 5 nitrogen and oxygen atoms in total. The molecule has 0 spiro atoms. The average Bonchev–Trinajstić information content (AvgIpc) is 3.31. The number of benzene rings is 2. The lowest BCUT2D eigenvalue weighted by atomic mass is 10.2. The van der Waals surface area contributed by atoms with E-state index in [1.807, 2.05) is 0 Å². The molecule has 8 heteroatoms. The Kier molecular flexibility index (Phi) is 4.20. The first-order valence-corrected chi connectivity index (χ1v) is 9.82. The molecule has 1 aliphatic carbocycles. The van der Waals surface area contributed by atoms with Crippen LogP contribution in [-0.2, 0) is 10.0 Å². The van der Waals surface area contributed by atoms with Crippen molar-refractivity contribution < 1.29 is 17.2 Å². The van der Waals surface area contributed by atoms with Gasteiger partial charge in [-0.25, -0.2) is 17.8 Å². The van der Waals surface area contributed by atoms with Crippen LogP contribution in [0.25, 0.3) is 11.3 Å². The van der Waals surface area contributed by atoms with Gasteiger partial charge in [-0.2, -0.15) is 0 Å². The maximum absolute atomic E-state index is 13.4. The monoisotopic (exact) mass is 392 g/mol. The number of halogens is 2. The summed E-state index contributed by atoms with van der Waals surface area (Å²) in [7, 11) is -3.87. The van der Waals surface area contributed by atoms with E-state index >= 15 is 0 Å². The first-order chi connectivity index (χ1) is 12.4. The summed E-state index contributed by atoms with van der Waals surface area (Å²) in [6.45, 7) is 0. The van der Waals surface area contributed by atoms with Gasteiger partial charge in [0.25, 0.3) is 10.0 Å². The van der Waals surface area contributed by atoms with Gasteiger partial charge < -0.3 is 4.42 Å². The number of rotatable bonds is 5. The second kappa shape index (κ2) is 6.41. The largest absolute Gasteiger partial charge is 0.440 e. The summed E-state index contributed by atoms with van der Waals surface area (Å²) >= 11 is 5.75. The van der Waals surface area contributed by atoms with Gasteiger partial charge in [0.05, 0.1) is 16.8 Å². The number of aromatic nitrogens is 1. The average molecular weight is 393 g/mol. The molecule has 1 aliphatic rings. The van der Waals surface area contributed by atoms with E-state index < -0.39 is 15.8 Å². The summed E-state index contributed by atoms with van der Waals surface area (Å²) in [5.41, 5.74) is 0.792. The van der Waals surface area contributed by atoms with Crippen molar-refractivity contribution in [1.82, 2.24) is 4.98 Å². The minimum Gasteiger partial charge on any atom is -0.440 e. The third-order valence-electron chi connectivity index (χ3n) is 4.01. The van der Waals surface area contributed by atoms with Crippen molar-refractivity contribution in [3.8, 4) is 11.3 Å². The predicted molar refractivity (Wildman–Crippen MR) is 96.1 cm³/mol. The number of hydrogen-bond acceptors (Lipinski definition) is 4. The number of oxazole rings is 1. The lowest BCUT2D eigenvalue weighted by molar-refractivity contribution is 0.509. The van der Waals surface area contributed by atoms with E-state index in [0.717, 1.165) is 36.4 Å². The SMILES string of the molecule is O=S(=O)(Nc1cc(F)cc(Cl)c1)c1ccc(-c2cnc(C3CC3)o2)cc1. The molecule has 0 radical (unpaired) electrons. The van der Waals surface area contributed by atoms with Crippen LogP contribution in [0.2, 0.25) is 5.02 Å². The van der Waals surface area contributed by atoms with Crippen LogP contribution in [0.3, 0.4) is 0 Å². The molecular formula is C18H14ClFN2O3S. The van der Waals surface area contributed by atoms with Crippen molar-refractivity contribution in [2.45, 2.75) is 23.7 Å². The van der Waals surface area contributed by atoms with Crippen LogP contribution in [-0.4, -0.2) is 13.4 Å². The fraction of sp³-hybridized carbons (Fsp3) is 0.167. The molecular weight excluding hydrogens is 379 g/mol. The maximum Gasteiger partial charge on any atom is 0.261 e. The zero-order valence-electron chi connectivity index (χ0n) is 13.4. The molecule has 134 valence electrons. The Hall–Kier alpha value is -2.38. The molecule has 0 aliphatic heterocycles. The topological polar surface area (TPSA) is 72.2 Å². The van der Waals surface area contributed by atoms with E-state index in [2.05, 4.69) is 9.71 Å². The quantitative estimate of drug-likeness (QED) is 0.676. The molecule has 1 N–H and O–H groups in total. The van der Waals surface area contributed by atoms with Crippen LogP contribution < -0.4 is 4.72 Å². The van der Waals surface area contributed by atoms with E-state index in [-0.39, 0.29) is 15.6 Å². The Labute approximate surface area is 154 Å². The summed E-state index contributed by atoms with van der Waals surface area (Å²) in [5.74, 6) is 1.11. The number of nitrogens with zero attached hydrogens (tertiary/aromatic N) is 1. The zero-order valence-corrected chi connectivity index (χ0v) is 15.0. The van der Waals surface area contributed by atoms with Crippen molar-refractivity contribution in [3.63, 3.8) is 0 Å². The van der Waals surface area contributed by atoms with Crippen LogP contribution in [0.4, 0.5) is 10.1 Å². The van der Waals surface area contributed by atoms with Gasteiger partial charge in [0.1, 0.15) is 5.82 Å². The minimum absolute atomic E-state index is 0.0450. The van der Waals surface area contributed by atoms with Crippen LogP contribution in [0.15, 0.2) is 58.0 Å². The number of hydrogen-bond donors (Lipinski definition) is 1. The highest BCUT2D eigenvalue weighted by Crippen LogP contribution is 2.40. The Morgan fingerprint density at radius 3 is 2.54 bits per heavy atom. The van der Waals surface area contributed by atoms with Crippen molar-refractivity contribution in [2.24, 2.45) is 0 Å². The van der Waals surface area contributed by atoms with Gasteiger partial charge in [0.15, 0.2) is 11.7 Å². The summed E-state index contributed by atoms with van der Waals surface area (Å²) < 4.78 is 46.3. The lowest BCUT2D eigenvalue weighted by Crippen LogP contribution is -2.13. The van der Waals surface area contributed by atoms with E-state index in [1.165, 1.54) is 18.2 Å². The first kappa shape index (κ1) is 17.1. The number of nitrogens with one attached hydrogen (secondary N) is 1. The highest BCUT2D eigenvalue weighted by Gasteiger charge is 2.28. The van der Waals surface area contributed by atoms with Gasteiger partial charge in [0.2, 0.25) is 0 Å². The van der Waals surface area contributed by atoms with Gasteiger partial charge in [0, 0.05) is 16.5 Å². The van der Waals surface area contributed by atoms with Crippen molar-refractivity contribution in [1.29, 1.82) is 0 Å². The minimum atomic E-state index is -3.87. The Bertz CT molecular complexity index is 1040. The summed E-state index contributed by atoms with van der Waals surface area (Å²) in [6, 6.07) is 9.70.